The zero-order chi connectivity index (χ0) is 19.1. The Labute approximate surface area is 158 Å². The minimum atomic E-state index is -0.878. The van der Waals surface area contributed by atoms with E-state index in [2.05, 4.69) is 13.8 Å². The molecule has 0 saturated carbocycles. The highest BCUT2D eigenvalue weighted by molar-refractivity contribution is 8.02. The number of aliphatic carboxylic acids is 1. The topological polar surface area (TPSA) is 57.6 Å². The van der Waals surface area contributed by atoms with Gasteiger partial charge in [-0.1, -0.05) is 65.2 Å². The van der Waals surface area contributed by atoms with Gasteiger partial charge in [-0.15, -0.1) is 11.8 Å². The highest BCUT2D eigenvalue weighted by Gasteiger charge is 2.59. The molecule has 1 fully saturated rings. The van der Waals surface area contributed by atoms with Gasteiger partial charge in [-0.3, -0.25) is 4.79 Å². The molecule has 1 N–H and O–H groups in total. The smallest absolute Gasteiger partial charge is 0.327 e. The molecule has 25 heavy (non-hydrogen) atoms. The molecule has 4 nitrogen and oxygen atoms in total. The van der Waals surface area contributed by atoms with Crippen LogP contribution in [-0.4, -0.2) is 37.5 Å². The molecule has 1 amide bonds. The first-order chi connectivity index (χ1) is 11.7. The summed E-state index contributed by atoms with van der Waals surface area (Å²) in [4.78, 5) is 25.8. The van der Waals surface area contributed by atoms with Crippen molar-refractivity contribution in [1.82, 2.24) is 4.90 Å². The maximum Gasteiger partial charge on any atom is 0.327 e. The molecule has 0 bridgehead atoms. The van der Waals surface area contributed by atoms with Crippen LogP contribution in [0.15, 0.2) is 0 Å². The molecule has 1 aliphatic rings. The summed E-state index contributed by atoms with van der Waals surface area (Å²) in [5.41, 5.74) is 0. The van der Waals surface area contributed by atoms with E-state index in [0.717, 1.165) is 38.5 Å². The molecule has 0 radical (unpaired) electrons. The lowest BCUT2D eigenvalue weighted by Gasteiger charge is -2.39. The van der Waals surface area contributed by atoms with Gasteiger partial charge in [0.2, 0.25) is 5.91 Å². The Morgan fingerprint density at radius 1 is 0.960 bits per heavy atom. The van der Waals surface area contributed by atoms with E-state index in [1.807, 2.05) is 13.8 Å². The van der Waals surface area contributed by atoms with Crippen molar-refractivity contribution in [3.63, 3.8) is 0 Å². The van der Waals surface area contributed by atoms with Gasteiger partial charge in [0.05, 0.1) is 4.87 Å². The first-order valence-electron chi connectivity index (χ1n) is 9.94. The van der Waals surface area contributed by atoms with Gasteiger partial charge in [0.1, 0.15) is 6.04 Å². The van der Waals surface area contributed by atoms with Crippen molar-refractivity contribution in [1.29, 1.82) is 0 Å². The van der Waals surface area contributed by atoms with Gasteiger partial charge < -0.3 is 10.0 Å². The molecule has 1 heterocycles. The van der Waals surface area contributed by atoms with Crippen LogP contribution in [0.3, 0.4) is 0 Å². The Morgan fingerprint density at radius 3 is 1.80 bits per heavy atom. The summed E-state index contributed by atoms with van der Waals surface area (Å²) >= 11 is 1.73. The van der Waals surface area contributed by atoms with Crippen LogP contribution in [0.25, 0.3) is 0 Å². The van der Waals surface area contributed by atoms with E-state index in [4.69, 9.17) is 0 Å². The minimum Gasteiger partial charge on any atom is -0.480 e. The molecule has 146 valence electrons. The van der Waals surface area contributed by atoms with Crippen LogP contribution >= 0.6 is 11.8 Å². The zero-order valence-electron chi connectivity index (χ0n) is 16.8. The van der Waals surface area contributed by atoms with Gasteiger partial charge >= 0.3 is 5.97 Å². The zero-order valence-corrected chi connectivity index (χ0v) is 17.6. The second-order valence-corrected chi connectivity index (χ2v) is 9.92. The number of carboxylic acids is 1. The molecule has 1 atom stereocenters. The van der Waals surface area contributed by atoms with E-state index in [9.17, 15) is 14.7 Å². The monoisotopic (exact) mass is 371 g/mol. The Bertz CT molecular complexity index is 438. The predicted octanol–water partition coefficient (Wildman–Crippen LogP) is 5.45. The predicted molar refractivity (Wildman–Crippen MR) is 106 cm³/mol. The van der Waals surface area contributed by atoms with Crippen LogP contribution in [0.5, 0.6) is 0 Å². The van der Waals surface area contributed by atoms with Crippen LogP contribution in [0.1, 0.15) is 98.8 Å². The number of carbonyl (C=O) groups is 2. The summed E-state index contributed by atoms with van der Waals surface area (Å²) in [5.74, 6) is -0.979. The number of nitrogens with zero attached hydrogens (tertiary/aromatic N) is 1. The third-order valence-corrected chi connectivity index (χ3v) is 6.96. The Balaban J connectivity index is 3.07. The molecule has 1 saturated heterocycles. The number of rotatable bonds is 11. The number of carboxylic acid groups (broad SMARTS) is 1. The highest BCUT2D eigenvalue weighted by atomic mass is 32.2. The van der Waals surface area contributed by atoms with Crippen LogP contribution < -0.4 is 0 Å². The van der Waals surface area contributed by atoms with E-state index >= 15 is 0 Å². The molecule has 0 spiro atoms. The fourth-order valence-corrected chi connectivity index (χ4v) is 6.26. The van der Waals surface area contributed by atoms with Crippen molar-refractivity contribution in [2.24, 2.45) is 0 Å². The molecule has 0 aromatic carbocycles. The summed E-state index contributed by atoms with van der Waals surface area (Å²) in [7, 11) is 0. The number of unbranched alkanes of at least 4 members (excludes halogenated alkanes) is 6. The van der Waals surface area contributed by atoms with Crippen LogP contribution in [0.4, 0.5) is 0 Å². The molecule has 0 aromatic heterocycles. The lowest BCUT2D eigenvalue weighted by Crippen LogP contribution is -2.54. The van der Waals surface area contributed by atoms with Crippen molar-refractivity contribution in [3.8, 4) is 0 Å². The van der Waals surface area contributed by atoms with E-state index in [1.54, 1.807) is 16.7 Å². The van der Waals surface area contributed by atoms with Gasteiger partial charge in [-0.2, -0.15) is 0 Å². The second-order valence-electron chi connectivity index (χ2n) is 7.90. The minimum absolute atomic E-state index is 0.101. The van der Waals surface area contributed by atoms with Crippen molar-refractivity contribution in [2.75, 3.05) is 0 Å². The second kappa shape index (κ2) is 9.84. The molecule has 1 aliphatic heterocycles. The van der Waals surface area contributed by atoms with E-state index in [0.29, 0.717) is 0 Å². The Kier molecular flexibility index (Phi) is 8.79. The average Bonchev–Trinajstić information content (AvgIpc) is 2.76. The fraction of sp³-hybridized carbons (Fsp3) is 0.900. The van der Waals surface area contributed by atoms with Gasteiger partial charge in [-0.05, 0) is 26.7 Å². The molecule has 0 aliphatic carbocycles. The van der Waals surface area contributed by atoms with Crippen molar-refractivity contribution >= 4 is 23.6 Å². The molecule has 1 unspecified atom stereocenters. The summed E-state index contributed by atoms with van der Waals surface area (Å²) in [5, 5.41) is 9.81. The normalized spacial score (nSPS) is 21.5. The quantitative estimate of drug-likeness (QED) is 0.491. The van der Waals surface area contributed by atoms with Crippen LogP contribution in [-0.2, 0) is 9.59 Å². The first-order valence-corrected chi connectivity index (χ1v) is 10.8. The molecule has 1 rings (SSSR count). The molecular formula is C20H37NO3S. The van der Waals surface area contributed by atoms with E-state index in [1.165, 1.54) is 32.6 Å². The lowest BCUT2D eigenvalue weighted by atomic mass is 9.94. The number of thioether (sulfide) groups is 1. The van der Waals surface area contributed by atoms with Crippen molar-refractivity contribution in [3.05, 3.63) is 0 Å². The summed E-state index contributed by atoms with van der Waals surface area (Å²) in [6, 6.07) is -0.743. The largest absolute Gasteiger partial charge is 0.480 e. The molecule has 5 heteroatoms. The maximum atomic E-state index is 12.5. The van der Waals surface area contributed by atoms with Crippen molar-refractivity contribution in [2.45, 2.75) is 114 Å². The first kappa shape index (κ1) is 22.3. The summed E-state index contributed by atoms with van der Waals surface area (Å²) in [6.07, 6.45) is 11.0. The standard InChI is InChI=1S/C20H37NO3S/c1-6-8-10-12-14-20(15-13-11-9-7-2)21(16(3)22)17(18(23)24)19(4,5)25-20/h17H,6-15H2,1-5H3,(H,23,24). The van der Waals surface area contributed by atoms with Crippen molar-refractivity contribution < 1.29 is 14.7 Å². The maximum absolute atomic E-state index is 12.5. The fourth-order valence-electron chi connectivity index (χ4n) is 4.14. The van der Waals surface area contributed by atoms with E-state index < -0.39 is 16.8 Å². The Hall–Kier alpha value is -0.710. The van der Waals surface area contributed by atoms with E-state index in [-0.39, 0.29) is 10.8 Å². The third-order valence-electron chi connectivity index (χ3n) is 5.22. The molecule has 0 aromatic rings. The van der Waals surface area contributed by atoms with Gasteiger partial charge in [0.25, 0.3) is 0 Å². The third kappa shape index (κ3) is 5.63. The lowest BCUT2D eigenvalue weighted by molar-refractivity contribution is -0.152. The summed E-state index contributed by atoms with van der Waals surface area (Å²) in [6.45, 7) is 9.87. The number of carbonyl (C=O) groups excluding carboxylic acids is 1. The number of amides is 1. The summed E-state index contributed by atoms with van der Waals surface area (Å²) < 4.78 is -0.465. The van der Waals surface area contributed by atoms with Gasteiger partial charge in [0.15, 0.2) is 0 Å². The SMILES string of the molecule is CCCCCCC1(CCCCCC)SC(C)(C)C(C(=O)O)N1C(C)=O. The van der Waals surface area contributed by atoms with Crippen LogP contribution in [0.2, 0.25) is 0 Å². The Morgan fingerprint density at radius 2 is 1.44 bits per heavy atom. The number of hydrogen-bond donors (Lipinski definition) is 1. The molecular weight excluding hydrogens is 334 g/mol. The van der Waals surface area contributed by atoms with Gasteiger partial charge in [-0.25, -0.2) is 4.79 Å². The van der Waals surface area contributed by atoms with Gasteiger partial charge in [0, 0.05) is 11.7 Å². The van der Waals surface area contributed by atoms with Crippen LogP contribution in [0, 0.1) is 0 Å². The highest BCUT2D eigenvalue weighted by Crippen LogP contribution is 2.55. The number of hydrogen-bond acceptors (Lipinski definition) is 3. The average molecular weight is 372 g/mol.